The highest BCUT2D eigenvalue weighted by molar-refractivity contribution is 7.14. The highest BCUT2D eigenvalue weighted by Crippen LogP contribution is 2.29. The Morgan fingerprint density at radius 1 is 1.36 bits per heavy atom. The van der Waals surface area contributed by atoms with E-state index in [4.69, 9.17) is 0 Å². The summed E-state index contributed by atoms with van der Waals surface area (Å²) < 4.78 is 29.0. The molecule has 3 heterocycles. The lowest BCUT2D eigenvalue weighted by molar-refractivity contribution is -0.133. The molecule has 3 aromatic rings. The Balaban J connectivity index is 1.61. The first-order valence-corrected chi connectivity index (χ1v) is 10.0. The summed E-state index contributed by atoms with van der Waals surface area (Å²) in [6.45, 7) is 4.26. The third kappa shape index (κ3) is 3.61. The zero-order chi connectivity index (χ0) is 19.8. The van der Waals surface area contributed by atoms with Crippen LogP contribution < -0.4 is 0 Å². The monoisotopic (exact) mass is 402 g/mol. The normalized spacial score (nSPS) is 19.9. The van der Waals surface area contributed by atoms with Crippen LogP contribution in [0.1, 0.15) is 24.0 Å². The van der Waals surface area contributed by atoms with Gasteiger partial charge in [0.1, 0.15) is 16.2 Å². The quantitative estimate of drug-likeness (QED) is 0.666. The van der Waals surface area contributed by atoms with E-state index in [1.807, 2.05) is 19.9 Å². The number of likely N-dealkylation sites (tertiary alicyclic amines) is 1. The van der Waals surface area contributed by atoms with Crippen molar-refractivity contribution in [2.75, 3.05) is 13.1 Å². The van der Waals surface area contributed by atoms with Gasteiger partial charge in [-0.15, -0.1) is 10.2 Å². The van der Waals surface area contributed by atoms with Gasteiger partial charge in [-0.2, -0.15) is 0 Å². The first-order valence-electron chi connectivity index (χ1n) is 9.22. The van der Waals surface area contributed by atoms with E-state index in [-0.39, 0.29) is 30.5 Å². The van der Waals surface area contributed by atoms with Crippen molar-refractivity contribution in [1.82, 2.24) is 20.1 Å². The molecule has 0 bridgehead atoms. The maximum absolute atomic E-state index is 15.1. The fraction of sp³-hybridized carbons (Fsp3) is 0.400. The Labute approximate surface area is 165 Å². The molecule has 0 unspecified atom stereocenters. The van der Waals surface area contributed by atoms with Crippen molar-refractivity contribution in [2.45, 2.75) is 32.9 Å². The van der Waals surface area contributed by atoms with E-state index >= 15 is 4.39 Å². The predicted molar refractivity (Wildman–Crippen MR) is 104 cm³/mol. The van der Waals surface area contributed by atoms with Crippen LogP contribution in [0.15, 0.2) is 24.4 Å². The third-order valence-corrected chi connectivity index (χ3v) is 6.10. The lowest BCUT2D eigenvalue weighted by Gasteiger charge is -2.33. The highest BCUT2D eigenvalue weighted by Gasteiger charge is 2.29. The smallest absolute Gasteiger partial charge is 0.228 e. The van der Waals surface area contributed by atoms with E-state index in [2.05, 4.69) is 15.2 Å². The van der Waals surface area contributed by atoms with Crippen molar-refractivity contribution in [3.05, 3.63) is 40.9 Å². The van der Waals surface area contributed by atoms with Crippen LogP contribution >= 0.6 is 11.3 Å². The number of pyridine rings is 1. The van der Waals surface area contributed by atoms with Gasteiger partial charge < -0.3 is 4.90 Å². The van der Waals surface area contributed by atoms with Gasteiger partial charge in [0.15, 0.2) is 5.82 Å². The summed E-state index contributed by atoms with van der Waals surface area (Å²) in [5, 5.41) is 10.7. The van der Waals surface area contributed by atoms with Gasteiger partial charge in [-0.25, -0.2) is 8.78 Å². The number of aryl methyl sites for hydroxylation is 1. The number of benzene rings is 1. The van der Waals surface area contributed by atoms with Crippen LogP contribution in [0.5, 0.6) is 0 Å². The molecule has 8 heteroatoms. The summed E-state index contributed by atoms with van der Waals surface area (Å²) in [5.74, 6) is -0.866. The van der Waals surface area contributed by atoms with Crippen LogP contribution in [-0.4, -0.2) is 45.2 Å². The summed E-state index contributed by atoms with van der Waals surface area (Å²) in [7, 11) is 0. The van der Waals surface area contributed by atoms with Crippen molar-refractivity contribution in [1.29, 1.82) is 0 Å². The molecule has 1 aliphatic rings. The minimum atomic E-state index is -1.04. The number of piperidine rings is 1. The molecule has 0 spiro atoms. The van der Waals surface area contributed by atoms with Gasteiger partial charge >= 0.3 is 0 Å². The topological polar surface area (TPSA) is 59.0 Å². The van der Waals surface area contributed by atoms with Gasteiger partial charge in [-0.05, 0) is 25.3 Å². The van der Waals surface area contributed by atoms with E-state index in [9.17, 15) is 9.18 Å². The van der Waals surface area contributed by atoms with Gasteiger partial charge in [0.2, 0.25) is 5.91 Å². The van der Waals surface area contributed by atoms with E-state index in [1.165, 1.54) is 16.2 Å². The minimum Gasteiger partial charge on any atom is -0.339 e. The zero-order valence-electron chi connectivity index (χ0n) is 15.7. The largest absolute Gasteiger partial charge is 0.339 e. The molecule has 4 rings (SSSR count). The van der Waals surface area contributed by atoms with Crippen LogP contribution in [-0.2, 0) is 11.2 Å². The molecule has 0 N–H and O–H groups in total. The van der Waals surface area contributed by atoms with E-state index in [0.717, 1.165) is 10.6 Å². The molecule has 2 atom stereocenters. The number of fused-ring (bicyclic) bond motifs is 1. The van der Waals surface area contributed by atoms with Gasteiger partial charge in [-0.1, -0.05) is 30.4 Å². The van der Waals surface area contributed by atoms with Crippen LogP contribution in [0.4, 0.5) is 8.78 Å². The molecule has 2 aromatic heterocycles. The number of hydrogen-bond donors (Lipinski definition) is 0. The number of alkyl halides is 1. The predicted octanol–water partition coefficient (Wildman–Crippen LogP) is 3.95. The molecule has 5 nitrogen and oxygen atoms in total. The van der Waals surface area contributed by atoms with Gasteiger partial charge in [0.25, 0.3) is 0 Å². The van der Waals surface area contributed by atoms with Crippen molar-refractivity contribution < 1.29 is 13.6 Å². The molecule has 0 saturated carbocycles. The van der Waals surface area contributed by atoms with E-state index in [1.54, 1.807) is 18.3 Å². The number of amides is 1. The maximum atomic E-state index is 15.1. The van der Waals surface area contributed by atoms with E-state index in [0.29, 0.717) is 28.7 Å². The second-order valence-corrected chi connectivity index (χ2v) is 8.43. The van der Waals surface area contributed by atoms with Crippen molar-refractivity contribution in [3.63, 3.8) is 0 Å². The van der Waals surface area contributed by atoms with Crippen LogP contribution in [0.3, 0.4) is 0 Å². The molecule has 0 radical (unpaired) electrons. The van der Waals surface area contributed by atoms with Crippen LogP contribution in [0.2, 0.25) is 0 Å². The number of carbonyl (C=O) groups excluding carboxylic acids is 1. The molecule has 1 aromatic carbocycles. The van der Waals surface area contributed by atoms with Gasteiger partial charge in [-0.3, -0.25) is 9.78 Å². The van der Waals surface area contributed by atoms with Crippen molar-refractivity contribution in [2.24, 2.45) is 5.92 Å². The summed E-state index contributed by atoms with van der Waals surface area (Å²) >= 11 is 1.43. The van der Waals surface area contributed by atoms with Crippen molar-refractivity contribution >= 4 is 28.0 Å². The molecule has 1 fully saturated rings. The van der Waals surface area contributed by atoms with Crippen LogP contribution in [0.25, 0.3) is 21.3 Å². The molecular weight excluding hydrogens is 382 g/mol. The average Bonchev–Trinajstić information content (AvgIpc) is 3.12. The number of halogens is 2. The SMILES string of the molecule is Cc1nnc(-c2ccc3cnc(CC(=O)N4CC[C@H](C)[C@@H](F)C4)c(F)c3c2)s1. The molecule has 0 aliphatic carbocycles. The standard InChI is InChI=1S/C20H20F2N4OS/c1-11-5-6-26(10-16(11)21)18(27)8-17-19(22)15-7-13(3-4-14(15)9-23-17)20-25-24-12(2)28-20/h3-4,7,9,11,16H,5-6,8,10H2,1-2H3/t11-,16-/m0/s1. The summed E-state index contributed by atoms with van der Waals surface area (Å²) in [6.07, 6.45) is 0.966. The Hall–Kier alpha value is -2.48. The molecule has 1 amide bonds. The lowest BCUT2D eigenvalue weighted by atomic mass is 9.97. The molecule has 1 saturated heterocycles. The first-order chi connectivity index (χ1) is 13.4. The summed E-state index contributed by atoms with van der Waals surface area (Å²) in [4.78, 5) is 18.1. The highest BCUT2D eigenvalue weighted by atomic mass is 32.1. The second kappa shape index (κ2) is 7.50. The fourth-order valence-electron chi connectivity index (χ4n) is 3.39. The Morgan fingerprint density at radius 2 is 2.18 bits per heavy atom. The number of carbonyl (C=O) groups is 1. The Kier molecular flexibility index (Phi) is 5.05. The summed E-state index contributed by atoms with van der Waals surface area (Å²) in [5.41, 5.74) is 0.850. The minimum absolute atomic E-state index is 0.0537. The maximum Gasteiger partial charge on any atom is 0.228 e. The Bertz CT molecular complexity index is 1040. The molecular formula is C20H20F2N4OS. The van der Waals surface area contributed by atoms with Gasteiger partial charge in [0.05, 0.1) is 18.7 Å². The summed E-state index contributed by atoms with van der Waals surface area (Å²) in [6, 6.07) is 5.34. The van der Waals surface area contributed by atoms with Crippen LogP contribution in [0, 0.1) is 18.7 Å². The third-order valence-electron chi connectivity index (χ3n) is 5.21. The molecule has 1 aliphatic heterocycles. The number of nitrogens with zero attached hydrogens (tertiary/aromatic N) is 4. The number of rotatable bonds is 3. The molecule has 28 heavy (non-hydrogen) atoms. The average molecular weight is 402 g/mol. The van der Waals surface area contributed by atoms with E-state index < -0.39 is 12.0 Å². The lowest BCUT2D eigenvalue weighted by Crippen LogP contribution is -2.44. The second-order valence-electron chi connectivity index (χ2n) is 7.25. The van der Waals surface area contributed by atoms with Gasteiger partial charge in [0, 0.05) is 29.1 Å². The van der Waals surface area contributed by atoms with Crippen molar-refractivity contribution in [3.8, 4) is 10.6 Å². The fourth-order valence-corrected chi connectivity index (χ4v) is 4.08. The molecule has 146 valence electrons. The number of hydrogen-bond acceptors (Lipinski definition) is 5. The Morgan fingerprint density at radius 3 is 2.89 bits per heavy atom. The zero-order valence-corrected chi connectivity index (χ0v) is 16.5. The first kappa shape index (κ1) is 18.9. The number of aromatic nitrogens is 3.